The molecule has 0 saturated carbocycles. The van der Waals surface area contributed by atoms with E-state index in [0.29, 0.717) is 28.7 Å². The summed E-state index contributed by atoms with van der Waals surface area (Å²) < 4.78 is 27.5. The number of methoxy groups -OCH3 is 4. The van der Waals surface area contributed by atoms with Gasteiger partial charge in [-0.1, -0.05) is 6.07 Å². The highest BCUT2D eigenvalue weighted by Crippen LogP contribution is 2.42. The molecule has 3 rings (SSSR count). The first-order valence-corrected chi connectivity index (χ1v) is 7.53. The van der Waals surface area contributed by atoms with Crippen LogP contribution in [0.3, 0.4) is 0 Å². The molecule has 2 aromatic rings. The van der Waals surface area contributed by atoms with Gasteiger partial charge in [-0.15, -0.1) is 0 Å². The second-order valence-corrected chi connectivity index (χ2v) is 5.25. The number of fused-ring (bicyclic) bond motifs is 1. The Morgan fingerprint density at radius 3 is 2.21 bits per heavy atom. The summed E-state index contributed by atoms with van der Waals surface area (Å²) in [5, 5.41) is 0. The summed E-state index contributed by atoms with van der Waals surface area (Å²) in [7, 11) is 6.47. The van der Waals surface area contributed by atoms with Gasteiger partial charge >= 0.3 is 0 Å². The Labute approximate surface area is 141 Å². The van der Waals surface area contributed by atoms with Crippen LogP contribution in [0.25, 0.3) is 6.08 Å². The van der Waals surface area contributed by atoms with Crippen molar-refractivity contribution in [1.29, 1.82) is 0 Å². The van der Waals surface area contributed by atoms with E-state index in [1.54, 1.807) is 28.4 Å². The summed E-state index contributed by atoms with van der Waals surface area (Å²) in [6, 6.07) is 9.43. The molecule has 0 amide bonds. The molecule has 5 heteroatoms. The Kier molecular flexibility index (Phi) is 4.51. The van der Waals surface area contributed by atoms with E-state index in [9.17, 15) is 0 Å². The van der Waals surface area contributed by atoms with Crippen LogP contribution in [0.1, 0.15) is 17.2 Å². The number of hydrogen-bond acceptors (Lipinski definition) is 5. The van der Waals surface area contributed by atoms with E-state index in [-0.39, 0.29) is 6.10 Å². The minimum absolute atomic E-state index is 0.228. The lowest BCUT2D eigenvalue weighted by Gasteiger charge is -2.24. The third-order valence-electron chi connectivity index (χ3n) is 3.96. The average molecular weight is 328 g/mol. The van der Waals surface area contributed by atoms with Gasteiger partial charge in [0.1, 0.15) is 23.4 Å². The largest absolute Gasteiger partial charge is 0.496 e. The molecule has 24 heavy (non-hydrogen) atoms. The minimum Gasteiger partial charge on any atom is -0.496 e. The molecule has 1 unspecified atom stereocenters. The topological polar surface area (TPSA) is 46.2 Å². The Morgan fingerprint density at radius 1 is 0.792 bits per heavy atom. The van der Waals surface area contributed by atoms with Crippen LogP contribution in [0.5, 0.6) is 28.7 Å². The zero-order chi connectivity index (χ0) is 17.1. The lowest BCUT2D eigenvalue weighted by Crippen LogP contribution is -2.10. The maximum atomic E-state index is 6.13. The summed E-state index contributed by atoms with van der Waals surface area (Å²) in [5.74, 6) is 3.47. The van der Waals surface area contributed by atoms with Gasteiger partial charge < -0.3 is 23.7 Å². The highest BCUT2D eigenvalue weighted by molar-refractivity contribution is 5.69. The molecule has 0 N–H and O–H groups in total. The number of benzene rings is 2. The van der Waals surface area contributed by atoms with E-state index in [4.69, 9.17) is 23.7 Å². The van der Waals surface area contributed by atoms with Crippen molar-refractivity contribution >= 4 is 6.08 Å². The van der Waals surface area contributed by atoms with Crippen LogP contribution in [0.4, 0.5) is 0 Å². The third kappa shape index (κ3) is 2.85. The molecular formula is C19H20O5. The lowest BCUT2D eigenvalue weighted by molar-refractivity contribution is 0.247. The first-order valence-electron chi connectivity index (χ1n) is 7.53. The normalized spacial score (nSPS) is 15.2. The molecule has 0 aliphatic carbocycles. The van der Waals surface area contributed by atoms with E-state index >= 15 is 0 Å². The van der Waals surface area contributed by atoms with E-state index in [1.165, 1.54) is 0 Å². The first-order chi connectivity index (χ1) is 11.7. The van der Waals surface area contributed by atoms with Gasteiger partial charge in [0, 0.05) is 17.7 Å². The molecule has 0 aromatic heterocycles. The van der Waals surface area contributed by atoms with Gasteiger partial charge in [-0.3, -0.25) is 0 Å². The maximum Gasteiger partial charge on any atom is 0.161 e. The predicted molar refractivity (Wildman–Crippen MR) is 91.5 cm³/mol. The Bertz CT molecular complexity index is 767. The molecule has 1 heterocycles. The van der Waals surface area contributed by atoms with Crippen LogP contribution in [-0.2, 0) is 0 Å². The van der Waals surface area contributed by atoms with Crippen molar-refractivity contribution < 1.29 is 23.7 Å². The molecule has 1 aliphatic heterocycles. The molecule has 0 bridgehead atoms. The monoisotopic (exact) mass is 328 g/mol. The summed E-state index contributed by atoms with van der Waals surface area (Å²) >= 11 is 0. The van der Waals surface area contributed by atoms with Gasteiger partial charge in [0.25, 0.3) is 0 Å². The molecular weight excluding hydrogens is 308 g/mol. The minimum atomic E-state index is -0.228. The highest BCUT2D eigenvalue weighted by Gasteiger charge is 2.21. The Hall–Kier alpha value is -2.82. The van der Waals surface area contributed by atoms with Gasteiger partial charge in [0.15, 0.2) is 11.5 Å². The van der Waals surface area contributed by atoms with Crippen molar-refractivity contribution in [2.45, 2.75) is 6.10 Å². The summed E-state index contributed by atoms with van der Waals surface area (Å²) in [5.41, 5.74) is 1.87. The van der Waals surface area contributed by atoms with Gasteiger partial charge in [-0.05, 0) is 24.3 Å². The van der Waals surface area contributed by atoms with Crippen LogP contribution >= 0.6 is 0 Å². The van der Waals surface area contributed by atoms with Gasteiger partial charge in [0.2, 0.25) is 0 Å². The fourth-order valence-corrected chi connectivity index (χ4v) is 2.69. The molecule has 1 aliphatic rings. The van der Waals surface area contributed by atoms with Crippen molar-refractivity contribution in [3.63, 3.8) is 0 Å². The molecule has 5 nitrogen and oxygen atoms in total. The van der Waals surface area contributed by atoms with E-state index in [2.05, 4.69) is 0 Å². The quantitative estimate of drug-likeness (QED) is 0.834. The molecule has 0 saturated heterocycles. The van der Waals surface area contributed by atoms with Crippen molar-refractivity contribution in [1.82, 2.24) is 0 Å². The van der Waals surface area contributed by atoms with Crippen LogP contribution in [-0.4, -0.2) is 28.4 Å². The molecule has 0 spiro atoms. The zero-order valence-corrected chi connectivity index (χ0v) is 14.2. The van der Waals surface area contributed by atoms with E-state index in [0.717, 1.165) is 11.1 Å². The smallest absolute Gasteiger partial charge is 0.161 e. The second kappa shape index (κ2) is 6.74. The van der Waals surface area contributed by atoms with Crippen molar-refractivity contribution in [3.05, 3.63) is 47.5 Å². The Morgan fingerprint density at radius 2 is 1.54 bits per heavy atom. The summed E-state index contributed by atoms with van der Waals surface area (Å²) in [6.45, 7) is 0. The highest BCUT2D eigenvalue weighted by atomic mass is 16.5. The Balaban J connectivity index is 1.96. The fraction of sp³-hybridized carbons (Fsp3) is 0.263. The maximum absolute atomic E-state index is 6.13. The van der Waals surface area contributed by atoms with Gasteiger partial charge in [-0.25, -0.2) is 0 Å². The lowest BCUT2D eigenvalue weighted by atomic mass is 10.0. The zero-order valence-electron chi connectivity index (χ0n) is 14.2. The van der Waals surface area contributed by atoms with Crippen LogP contribution in [0.15, 0.2) is 36.4 Å². The van der Waals surface area contributed by atoms with Crippen LogP contribution in [0, 0.1) is 0 Å². The SMILES string of the molecule is COc1cc(OC)c2c(c1)OC(c1ccc(OC)c(OC)c1)C=C2. The number of hydrogen-bond donors (Lipinski definition) is 0. The van der Waals surface area contributed by atoms with Crippen LogP contribution in [0.2, 0.25) is 0 Å². The molecule has 2 aromatic carbocycles. The van der Waals surface area contributed by atoms with Gasteiger partial charge in [0.05, 0.1) is 34.0 Å². The molecule has 0 radical (unpaired) electrons. The molecule has 0 fully saturated rings. The van der Waals surface area contributed by atoms with E-state index < -0.39 is 0 Å². The number of ether oxygens (including phenoxy) is 5. The van der Waals surface area contributed by atoms with Crippen molar-refractivity contribution in [2.24, 2.45) is 0 Å². The van der Waals surface area contributed by atoms with Crippen molar-refractivity contribution in [2.75, 3.05) is 28.4 Å². The number of rotatable bonds is 5. The summed E-state index contributed by atoms with van der Waals surface area (Å²) in [6.07, 6.45) is 3.76. The second-order valence-electron chi connectivity index (χ2n) is 5.25. The molecule has 126 valence electrons. The first kappa shape index (κ1) is 16.1. The molecule has 1 atom stereocenters. The van der Waals surface area contributed by atoms with Gasteiger partial charge in [-0.2, -0.15) is 0 Å². The standard InChI is InChI=1S/C19H20O5/c1-20-13-10-17(22-3)14-6-8-15(24-18(14)11-13)12-5-7-16(21-2)19(9-12)23-4/h5-11,15H,1-4H3. The van der Waals surface area contributed by atoms with Crippen molar-refractivity contribution in [3.8, 4) is 28.7 Å². The third-order valence-corrected chi connectivity index (χ3v) is 3.96. The van der Waals surface area contributed by atoms with E-state index in [1.807, 2.05) is 42.5 Å². The fourth-order valence-electron chi connectivity index (χ4n) is 2.69. The van der Waals surface area contributed by atoms with Crippen LogP contribution < -0.4 is 23.7 Å². The summed E-state index contributed by atoms with van der Waals surface area (Å²) in [4.78, 5) is 0. The average Bonchev–Trinajstić information content (AvgIpc) is 2.65. The predicted octanol–water partition coefficient (Wildman–Crippen LogP) is 3.87.